The first-order chi connectivity index (χ1) is 9.54. The van der Waals surface area contributed by atoms with E-state index in [9.17, 15) is 9.59 Å². The summed E-state index contributed by atoms with van der Waals surface area (Å²) in [7, 11) is 0. The minimum Gasteiger partial charge on any atom is -0.481 e. The van der Waals surface area contributed by atoms with Crippen molar-refractivity contribution in [2.45, 2.75) is 31.9 Å². The molecule has 20 heavy (non-hydrogen) atoms. The summed E-state index contributed by atoms with van der Waals surface area (Å²) in [5.41, 5.74) is 0. The molecule has 2 atom stereocenters. The Kier molecular flexibility index (Phi) is 4.84. The highest BCUT2D eigenvalue weighted by Crippen LogP contribution is 2.17. The number of nitrogens with one attached hydrogen (secondary N) is 2. The van der Waals surface area contributed by atoms with Crippen LogP contribution in [-0.4, -0.2) is 30.5 Å². The van der Waals surface area contributed by atoms with Crippen molar-refractivity contribution in [3.8, 4) is 5.75 Å². The van der Waals surface area contributed by atoms with E-state index in [-0.39, 0.29) is 17.9 Å². The molecule has 0 radical (unpaired) electrons. The zero-order chi connectivity index (χ0) is 14.5. The molecule has 1 heterocycles. The molecule has 2 unspecified atom stereocenters. The van der Waals surface area contributed by atoms with Gasteiger partial charge in [-0.15, -0.1) is 0 Å². The molecular weight excluding hydrogens is 280 g/mol. The van der Waals surface area contributed by atoms with Gasteiger partial charge in [-0.2, -0.15) is 0 Å². The average Bonchev–Trinajstić information content (AvgIpc) is 2.44. The average molecular weight is 297 g/mol. The molecule has 1 fully saturated rings. The standard InChI is InChI=1S/C14H17ClN2O3/c1-9(20-12-5-2-10(15)3-6-12)14(19)17-11-4-7-13(18)16-8-11/h2-3,5-6,9,11H,4,7-8H2,1H3,(H,16,18)(H,17,19). The van der Waals surface area contributed by atoms with Crippen LogP contribution in [0.3, 0.4) is 0 Å². The summed E-state index contributed by atoms with van der Waals surface area (Å²) in [6.07, 6.45) is 0.497. The Labute approximate surface area is 122 Å². The van der Waals surface area contributed by atoms with Gasteiger partial charge >= 0.3 is 0 Å². The topological polar surface area (TPSA) is 67.4 Å². The zero-order valence-electron chi connectivity index (χ0n) is 11.2. The summed E-state index contributed by atoms with van der Waals surface area (Å²) in [4.78, 5) is 23.0. The second-order valence-corrected chi connectivity index (χ2v) is 5.20. The summed E-state index contributed by atoms with van der Waals surface area (Å²) >= 11 is 5.78. The van der Waals surface area contributed by atoms with E-state index < -0.39 is 6.10 Å². The number of rotatable bonds is 4. The van der Waals surface area contributed by atoms with Gasteiger partial charge in [-0.25, -0.2) is 0 Å². The number of piperidine rings is 1. The molecule has 5 nitrogen and oxygen atoms in total. The van der Waals surface area contributed by atoms with Crippen LogP contribution >= 0.6 is 11.6 Å². The second-order valence-electron chi connectivity index (χ2n) is 4.76. The molecule has 0 spiro atoms. The lowest BCUT2D eigenvalue weighted by Crippen LogP contribution is -2.50. The third-order valence-electron chi connectivity index (χ3n) is 3.11. The van der Waals surface area contributed by atoms with E-state index in [1.165, 1.54) is 0 Å². The van der Waals surface area contributed by atoms with E-state index in [0.717, 1.165) is 0 Å². The summed E-state index contributed by atoms with van der Waals surface area (Å²) in [6, 6.07) is 6.81. The van der Waals surface area contributed by atoms with Crippen molar-refractivity contribution in [1.82, 2.24) is 10.6 Å². The van der Waals surface area contributed by atoms with Crippen molar-refractivity contribution in [2.75, 3.05) is 6.54 Å². The van der Waals surface area contributed by atoms with Gasteiger partial charge in [-0.1, -0.05) is 11.6 Å². The Morgan fingerprint density at radius 3 is 2.75 bits per heavy atom. The molecule has 2 rings (SSSR count). The molecular formula is C14H17ClN2O3. The normalized spacial score (nSPS) is 19.9. The number of halogens is 1. The number of benzene rings is 1. The highest BCUT2D eigenvalue weighted by molar-refractivity contribution is 6.30. The van der Waals surface area contributed by atoms with Crippen LogP contribution in [0.2, 0.25) is 5.02 Å². The quantitative estimate of drug-likeness (QED) is 0.885. The lowest BCUT2D eigenvalue weighted by atomic mass is 10.1. The number of carbonyl (C=O) groups excluding carboxylic acids is 2. The van der Waals surface area contributed by atoms with Crippen LogP contribution in [0.1, 0.15) is 19.8 Å². The maximum Gasteiger partial charge on any atom is 0.261 e. The summed E-state index contributed by atoms with van der Waals surface area (Å²) in [5, 5.41) is 6.21. The summed E-state index contributed by atoms with van der Waals surface area (Å²) in [5.74, 6) is 0.427. The van der Waals surface area contributed by atoms with E-state index in [1.807, 2.05) is 0 Å². The predicted octanol–water partition coefficient (Wildman–Crippen LogP) is 1.50. The van der Waals surface area contributed by atoms with Crippen molar-refractivity contribution in [3.05, 3.63) is 29.3 Å². The van der Waals surface area contributed by atoms with Gasteiger partial charge in [0, 0.05) is 24.0 Å². The first-order valence-electron chi connectivity index (χ1n) is 6.54. The predicted molar refractivity (Wildman–Crippen MR) is 75.7 cm³/mol. The van der Waals surface area contributed by atoms with E-state index in [2.05, 4.69) is 10.6 Å². The fourth-order valence-corrected chi connectivity index (χ4v) is 2.07. The van der Waals surface area contributed by atoms with Crippen molar-refractivity contribution in [3.63, 3.8) is 0 Å². The summed E-state index contributed by atoms with van der Waals surface area (Å²) < 4.78 is 5.54. The Morgan fingerprint density at radius 2 is 2.15 bits per heavy atom. The van der Waals surface area contributed by atoms with Crippen LogP contribution in [0.5, 0.6) is 5.75 Å². The van der Waals surface area contributed by atoms with Crippen LogP contribution in [-0.2, 0) is 9.59 Å². The number of ether oxygens (including phenoxy) is 1. The highest BCUT2D eigenvalue weighted by atomic mass is 35.5. The number of amides is 2. The molecule has 0 aliphatic carbocycles. The molecule has 1 aromatic rings. The summed E-state index contributed by atoms with van der Waals surface area (Å²) in [6.45, 7) is 2.16. The maximum absolute atomic E-state index is 12.0. The molecule has 108 valence electrons. The first-order valence-corrected chi connectivity index (χ1v) is 6.91. The van der Waals surface area contributed by atoms with Gasteiger partial charge in [0.15, 0.2) is 6.10 Å². The molecule has 1 aliphatic heterocycles. The minimum atomic E-state index is -0.603. The van der Waals surface area contributed by atoms with Crippen LogP contribution in [0.25, 0.3) is 0 Å². The van der Waals surface area contributed by atoms with Gasteiger partial charge in [0.2, 0.25) is 5.91 Å². The van der Waals surface area contributed by atoms with E-state index in [0.29, 0.717) is 30.2 Å². The smallest absolute Gasteiger partial charge is 0.261 e. The minimum absolute atomic E-state index is 0.0287. The van der Waals surface area contributed by atoms with Gasteiger partial charge in [0.1, 0.15) is 5.75 Å². The largest absolute Gasteiger partial charge is 0.481 e. The van der Waals surface area contributed by atoms with Gasteiger partial charge in [-0.3, -0.25) is 9.59 Å². The maximum atomic E-state index is 12.0. The lowest BCUT2D eigenvalue weighted by molar-refractivity contribution is -0.129. The molecule has 2 N–H and O–H groups in total. The lowest BCUT2D eigenvalue weighted by Gasteiger charge is -2.25. The highest BCUT2D eigenvalue weighted by Gasteiger charge is 2.22. The van der Waals surface area contributed by atoms with Crippen LogP contribution in [0.4, 0.5) is 0 Å². The molecule has 6 heteroatoms. The SMILES string of the molecule is CC(Oc1ccc(Cl)cc1)C(=O)NC1CCC(=O)NC1. The third-order valence-corrected chi connectivity index (χ3v) is 3.36. The van der Waals surface area contributed by atoms with Gasteiger partial charge in [0.05, 0.1) is 0 Å². The van der Waals surface area contributed by atoms with Crippen molar-refractivity contribution < 1.29 is 14.3 Å². The molecule has 1 aromatic carbocycles. The van der Waals surface area contributed by atoms with Gasteiger partial charge in [-0.05, 0) is 37.6 Å². The molecule has 0 saturated carbocycles. The third kappa shape index (κ3) is 4.13. The first kappa shape index (κ1) is 14.7. The van der Waals surface area contributed by atoms with Crippen LogP contribution in [0, 0.1) is 0 Å². The number of hydrogen-bond acceptors (Lipinski definition) is 3. The molecule has 1 aliphatic rings. The van der Waals surface area contributed by atoms with Crippen molar-refractivity contribution in [1.29, 1.82) is 0 Å². The molecule has 0 aromatic heterocycles. The Hall–Kier alpha value is -1.75. The number of hydrogen-bond donors (Lipinski definition) is 2. The Balaban J connectivity index is 1.82. The van der Waals surface area contributed by atoms with Crippen LogP contribution in [0.15, 0.2) is 24.3 Å². The monoisotopic (exact) mass is 296 g/mol. The molecule has 2 amide bonds. The fraction of sp³-hybridized carbons (Fsp3) is 0.429. The van der Waals surface area contributed by atoms with E-state index >= 15 is 0 Å². The number of carbonyl (C=O) groups is 2. The molecule has 0 bridgehead atoms. The van der Waals surface area contributed by atoms with Crippen molar-refractivity contribution in [2.24, 2.45) is 0 Å². The fourth-order valence-electron chi connectivity index (χ4n) is 1.95. The zero-order valence-corrected chi connectivity index (χ0v) is 11.9. The van der Waals surface area contributed by atoms with E-state index in [4.69, 9.17) is 16.3 Å². The van der Waals surface area contributed by atoms with E-state index in [1.54, 1.807) is 31.2 Å². The van der Waals surface area contributed by atoms with Crippen LogP contribution < -0.4 is 15.4 Å². The van der Waals surface area contributed by atoms with Crippen molar-refractivity contribution >= 4 is 23.4 Å². The van der Waals surface area contributed by atoms with Gasteiger partial charge < -0.3 is 15.4 Å². The Morgan fingerprint density at radius 1 is 1.45 bits per heavy atom. The molecule has 1 saturated heterocycles. The second kappa shape index (κ2) is 6.61. The van der Waals surface area contributed by atoms with Gasteiger partial charge in [0.25, 0.3) is 5.91 Å². The Bertz CT molecular complexity index is 480.